The highest BCUT2D eigenvalue weighted by Crippen LogP contribution is 2.49. The van der Waals surface area contributed by atoms with Crippen LogP contribution in [0.4, 0.5) is 0 Å². The molecule has 10 rings (SSSR count). The van der Waals surface area contributed by atoms with Gasteiger partial charge in [0.25, 0.3) is 0 Å². The lowest BCUT2D eigenvalue weighted by Gasteiger charge is -2.22. The Kier molecular flexibility index (Phi) is 4.15. The van der Waals surface area contributed by atoms with Crippen molar-refractivity contribution in [3.05, 3.63) is 158 Å². The van der Waals surface area contributed by atoms with Crippen LogP contribution in [0.5, 0.6) is 11.5 Å². The molecular weight excluding hydrogens is 544 g/mol. The molecule has 0 unspecified atom stereocenters. The lowest BCUT2D eigenvalue weighted by molar-refractivity contribution is 0.487. The molecule has 9 aromatic carbocycles. The van der Waals surface area contributed by atoms with Gasteiger partial charge in [-0.1, -0.05) is 133 Å². The van der Waals surface area contributed by atoms with Crippen LogP contribution >= 0.6 is 0 Å². The maximum absolute atomic E-state index is 8.89. The van der Waals surface area contributed by atoms with E-state index in [0.29, 0.717) is 5.56 Å². The summed E-state index contributed by atoms with van der Waals surface area (Å²) in [7, 11) is 0. The van der Waals surface area contributed by atoms with E-state index in [4.69, 9.17) is 11.6 Å². The maximum atomic E-state index is 8.89. The second kappa shape index (κ2) is 9.29. The molecule has 0 N–H and O–H groups in total. The SMILES string of the molecule is [2H]c1c([2H])c([2H])c(-c2ccc(-c3ccc4ccc5cccc6ccc3c4c56)cc2-c2ccc3c(c2)-c2cccc4cccc(c24)O3)c([2H])c1[2H]. The Hall–Kier alpha value is -5.92. The van der Waals surface area contributed by atoms with Gasteiger partial charge in [-0.15, -0.1) is 0 Å². The normalized spacial score (nSPS) is 13.7. The van der Waals surface area contributed by atoms with Gasteiger partial charge < -0.3 is 4.74 Å². The fraction of sp³-hybridized carbons (Fsp3) is 0. The molecule has 0 bridgehead atoms. The Balaban J connectivity index is 1.26. The Morgan fingerprint density at radius 1 is 0.378 bits per heavy atom. The Bertz CT molecular complexity index is 2860. The van der Waals surface area contributed by atoms with Gasteiger partial charge in [-0.2, -0.15) is 0 Å². The van der Waals surface area contributed by atoms with Crippen molar-refractivity contribution in [1.29, 1.82) is 0 Å². The van der Waals surface area contributed by atoms with Crippen LogP contribution in [-0.4, -0.2) is 0 Å². The van der Waals surface area contributed by atoms with Crippen molar-refractivity contribution in [3.63, 3.8) is 0 Å². The van der Waals surface area contributed by atoms with Crippen molar-refractivity contribution in [2.24, 2.45) is 0 Å². The summed E-state index contributed by atoms with van der Waals surface area (Å²) in [6, 6.07) is 42.2. The van der Waals surface area contributed by atoms with Gasteiger partial charge in [0, 0.05) is 10.9 Å². The number of benzene rings is 9. The standard InChI is InChI=1S/C44H26O/c1-2-7-27(8-3-1)34-22-19-32(35-21-17-31-16-15-29-9-4-10-30-18-23-37(35)44(31)42(29)30)25-38(34)33-20-24-40-39(26-33)36-13-5-11-28-12-6-14-41(45-40)43(28)36/h1-26H/i1D,2D,3D,7D,8D. The second-order valence-electron chi connectivity index (χ2n) is 11.7. The van der Waals surface area contributed by atoms with Crippen molar-refractivity contribution in [3.8, 4) is 56.0 Å². The smallest absolute Gasteiger partial charge is 0.135 e. The molecule has 0 fully saturated rings. The summed E-state index contributed by atoms with van der Waals surface area (Å²) in [5.41, 5.74) is 6.39. The van der Waals surface area contributed by atoms with E-state index in [1.165, 1.54) is 26.9 Å². The summed E-state index contributed by atoms with van der Waals surface area (Å²) < 4.78 is 49.4. The Morgan fingerprint density at radius 3 is 1.84 bits per heavy atom. The van der Waals surface area contributed by atoms with E-state index in [2.05, 4.69) is 91.0 Å². The van der Waals surface area contributed by atoms with E-state index in [1.807, 2.05) is 36.4 Å². The third kappa shape index (κ3) is 3.62. The van der Waals surface area contributed by atoms with Crippen LogP contribution < -0.4 is 4.74 Å². The largest absolute Gasteiger partial charge is 0.456 e. The van der Waals surface area contributed by atoms with Crippen LogP contribution in [0.1, 0.15) is 6.85 Å². The van der Waals surface area contributed by atoms with E-state index in [9.17, 15) is 0 Å². The molecule has 1 aliphatic heterocycles. The van der Waals surface area contributed by atoms with Gasteiger partial charge in [0.15, 0.2) is 0 Å². The molecule has 0 saturated carbocycles. The summed E-state index contributed by atoms with van der Waals surface area (Å²) in [5.74, 6) is 1.56. The Morgan fingerprint density at radius 2 is 1.00 bits per heavy atom. The predicted molar refractivity (Wildman–Crippen MR) is 189 cm³/mol. The van der Waals surface area contributed by atoms with Crippen molar-refractivity contribution < 1.29 is 11.6 Å². The lowest BCUT2D eigenvalue weighted by atomic mass is 9.86. The van der Waals surface area contributed by atoms with Gasteiger partial charge in [-0.25, -0.2) is 0 Å². The number of ether oxygens (including phenoxy) is 1. The monoisotopic (exact) mass is 575 g/mol. The molecular formula is C44H26O. The van der Waals surface area contributed by atoms with E-state index >= 15 is 0 Å². The average Bonchev–Trinajstić information content (AvgIpc) is 3.15. The summed E-state index contributed by atoms with van der Waals surface area (Å²) >= 11 is 0. The fourth-order valence-electron chi connectivity index (χ4n) is 7.27. The summed E-state index contributed by atoms with van der Waals surface area (Å²) in [6.07, 6.45) is 0. The molecule has 0 spiro atoms. The van der Waals surface area contributed by atoms with Crippen LogP contribution in [0.3, 0.4) is 0 Å². The first-order chi connectivity index (χ1) is 24.4. The first-order valence-corrected chi connectivity index (χ1v) is 15.1. The third-order valence-corrected chi connectivity index (χ3v) is 9.30. The molecule has 0 saturated heterocycles. The predicted octanol–water partition coefficient (Wildman–Crippen LogP) is 12.5. The van der Waals surface area contributed by atoms with Crippen molar-refractivity contribution >= 4 is 43.1 Å². The minimum atomic E-state index is -0.409. The first kappa shape index (κ1) is 20.1. The minimum absolute atomic E-state index is 0.175. The number of hydrogen-bond acceptors (Lipinski definition) is 1. The lowest BCUT2D eigenvalue weighted by Crippen LogP contribution is -1.97. The van der Waals surface area contributed by atoms with Gasteiger partial charge in [-0.05, 0) is 101 Å². The second-order valence-corrected chi connectivity index (χ2v) is 11.7. The van der Waals surface area contributed by atoms with Gasteiger partial charge in [-0.3, -0.25) is 0 Å². The first-order valence-electron chi connectivity index (χ1n) is 17.6. The van der Waals surface area contributed by atoms with Gasteiger partial charge in [0.05, 0.1) is 6.85 Å². The molecule has 0 aliphatic carbocycles. The third-order valence-electron chi connectivity index (χ3n) is 9.30. The molecule has 0 amide bonds. The average molecular weight is 576 g/mol. The zero-order valence-electron chi connectivity index (χ0n) is 29.0. The molecule has 0 aromatic heterocycles. The van der Waals surface area contributed by atoms with Gasteiger partial charge in [0.2, 0.25) is 0 Å². The van der Waals surface area contributed by atoms with Crippen LogP contribution in [0.15, 0.2) is 158 Å². The summed E-state index contributed by atoms with van der Waals surface area (Å²) in [6.45, 7) is 0. The molecule has 9 aromatic rings. The number of hydrogen-bond donors (Lipinski definition) is 0. The van der Waals surface area contributed by atoms with Crippen LogP contribution in [0.2, 0.25) is 0 Å². The summed E-state index contributed by atoms with van der Waals surface area (Å²) in [5, 5.41) is 9.30. The van der Waals surface area contributed by atoms with E-state index < -0.39 is 6.04 Å². The quantitative estimate of drug-likeness (QED) is 0.190. The molecule has 0 radical (unpaired) electrons. The highest BCUT2D eigenvalue weighted by molar-refractivity contribution is 6.25. The van der Waals surface area contributed by atoms with Crippen LogP contribution in [-0.2, 0) is 0 Å². The molecule has 0 atom stereocenters. The van der Waals surface area contributed by atoms with Crippen molar-refractivity contribution in [1.82, 2.24) is 0 Å². The van der Waals surface area contributed by atoms with Crippen molar-refractivity contribution in [2.75, 3.05) is 0 Å². The highest BCUT2D eigenvalue weighted by Gasteiger charge is 2.21. The summed E-state index contributed by atoms with van der Waals surface area (Å²) in [4.78, 5) is 0. The highest BCUT2D eigenvalue weighted by atomic mass is 16.5. The minimum Gasteiger partial charge on any atom is -0.456 e. The Labute approximate surface area is 267 Å². The number of rotatable bonds is 3. The molecule has 208 valence electrons. The van der Waals surface area contributed by atoms with Crippen LogP contribution in [0.25, 0.3) is 87.6 Å². The van der Waals surface area contributed by atoms with Crippen LogP contribution in [0, 0.1) is 0 Å². The maximum Gasteiger partial charge on any atom is 0.135 e. The zero-order chi connectivity index (χ0) is 33.8. The molecule has 1 heterocycles. The molecule has 1 aliphatic rings. The topological polar surface area (TPSA) is 9.23 Å². The van der Waals surface area contributed by atoms with Gasteiger partial charge >= 0.3 is 0 Å². The fourth-order valence-corrected chi connectivity index (χ4v) is 7.27. The van der Waals surface area contributed by atoms with E-state index in [0.717, 1.165) is 61.0 Å². The molecule has 45 heavy (non-hydrogen) atoms. The van der Waals surface area contributed by atoms with E-state index in [1.54, 1.807) is 0 Å². The van der Waals surface area contributed by atoms with Crippen molar-refractivity contribution in [2.45, 2.75) is 0 Å². The zero-order valence-corrected chi connectivity index (χ0v) is 24.0. The molecule has 1 heteroatoms. The molecule has 1 nitrogen and oxygen atoms in total. The van der Waals surface area contributed by atoms with E-state index in [-0.39, 0.29) is 29.7 Å². The number of fused-ring (bicyclic) bond motifs is 2. The van der Waals surface area contributed by atoms with Gasteiger partial charge in [0.1, 0.15) is 11.5 Å².